The van der Waals surface area contributed by atoms with Gasteiger partial charge in [-0.2, -0.15) is 0 Å². The number of para-hydroxylation sites is 2. The van der Waals surface area contributed by atoms with Crippen molar-refractivity contribution >= 4 is 32.9 Å². The first-order chi connectivity index (χ1) is 11.0. The van der Waals surface area contributed by atoms with Crippen molar-refractivity contribution < 1.29 is 4.79 Å². The third-order valence-corrected chi connectivity index (χ3v) is 4.42. The molecule has 0 unspecified atom stereocenters. The maximum atomic E-state index is 12.4. The molecule has 118 valence electrons. The van der Waals surface area contributed by atoms with E-state index >= 15 is 0 Å². The van der Waals surface area contributed by atoms with E-state index in [2.05, 4.69) is 26.2 Å². The monoisotopic (exact) mass is 371 g/mol. The van der Waals surface area contributed by atoms with E-state index in [4.69, 9.17) is 0 Å². The minimum atomic E-state index is -0.0364. The first-order valence-corrected chi connectivity index (χ1v) is 8.30. The number of fused-ring (bicyclic) bond motifs is 1. The van der Waals surface area contributed by atoms with E-state index in [1.165, 1.54) is 0 Å². The zero-order chi connectivity index (χ0) is 16.4. The van der Waals surface area contributed by atoms with Gasteiger partial charge in [-0.25, -0.2) is 4.98 Å². The molecule has 0 spiro atoms. The third kappa shape index (κ3) is 3.45. The molecular formula is C18H18BrN3O. The van der Waals surface area contributed by atoms with Crippen molar-refractivity contribution in [1.29, 1.82) is 0 Å². The van der Waals surface area contributed by atoms with Gasteiger partial charge in [0, 0.05) is 4.47 Å². The molecule has 4 nitrogen and oxygen atoms in total. The van der Waals surface area contributed by atoms with Crippen LogP contribution >= 0.6 is 15.9 Å². The van der Waals surface area contributed by atoms with Crippen LogP contribution in [0.15, 0.2) is 53.0 Å². The Hall–Kier alpha value is -2.14. The van der Waals surface area contributed by atoms with Crippen LogP contribution in [0.2, 0.25) is 0 Å². The number of halogens is 1. The number of rotatable bonds is 4. The summed E-state index contributed by atoms with van der Waals surface area (Å²) in [6, 6.07) is 15.8. The number of hydrogen-bond donors (Lipinski definition) is 1. The van der Waals surface area contributed by atoms with Gasteiger partial charge in [-0.3, -0.25) is 4.79 Å². The Morgan fingerprint density at radius 1 is 1.22 bits per heavy atom. The molecule has 3 rings (SSSR count). The standard InChI is InChI=1S/C18H18BrN3O/c1-12(14-7-9-15(19)10-8-14)20-18(23)11-22-13(2)21-16-5-3-4-6-17(16)22/h3-10,12H,11H2,1-2H3,(H,20,23)/t12-/m0/s1. The molecule has 0 aliphatic heterocycles. The van der Waals surface area contributed by atoms with Crippen LogP contribution in [0, 0.1) is 6.92 Å². The summed E-state index contributed by atoms with van der Waals surface area (Å²) in [7, 11) is 0. The lowest BCUT2D eigenvalue weighted by Gasteiger charge is -2.15. The second kappa shape index (κ2) is 6.54. The van der Waals surface area contributed by atoms with E-state index in [0.717, 1.165) is 26.9 Å². The van der Waals surface area contributed by atoms with Crippen molar-refractivity contribution in [3.8, 4) is 0 Å². The summed E-state index contributed by atoms with van der Waals surface area (Å²) < 4.78 is 2.97. The van der Waals surface area contributed by atoms with Crippen LogP contribution in [0.4, 0.5) is 0 Å². The molecule has 1 amide bonds. The summed E-state index contributed by atoms with van der Waals surface area (Å²) in [6.07, 6.45) is 0. The van der Waals surface area contributed by atoms with E-state index in [-0.39, 0.29) is 18.5 Å². The number of carbonyl (C=O) groups is 1. The summed E-state index contributed by atoms with van der Waals surface area (Å²) in [5, 5.41) is 3.04. The first kappa shape index (κ1) is 15.7. The Labute approximate surface area is 143 Å². The topological polar surface area (TPSA) is 46.9 Å². The molecule has 0 saturated heterocycles. The van der Waals surface area contributed by atoms with Crippen molar-refractivity contribution in [2.24, 2.45) is 0 Å². The number of imidazole rings is 1. The first-order valence-electron chi connectivity index (χ1n) is 7.51. The van der Waals surface area contributed by atoms with Gasteiger partial charge in [-0.05, 0) is 43.7 Å². The molecule has 0 aliphatic rings. The van der Waals surface area contributed by atoms with Crippen LogP contribution in [0.3, 0.4) is 0 Å². The summed E-state index contributed by atoms with van der Waals surface area (Å²) in [5.74, 6) is 0.823. The number of nitrogens with zero attached hydrogens (tertiary/aromatic N) is 2. The van der Waals surface area contributed by atoms with Crippen molar-refractivity contribution in [3.63, 3.8) is 0 Å². The number of hydrogen-bond acceptors (Lipinski definition) is 2. The highest BCUT2D eigenvalue weighted by Gasteiger charge is 2.13. The highest BCUT2D eigenvalue weighted by atomic mass is 79.9. The minimum Gasteiger partial charge on any atom is -0.348 e. The Balaban J connectivity index is 1.73. The number of nitrogens with one attached hydrogen (secondary N) is 1. The SMILES string of the molecule is Cc1nc2ccccc2n1CC(=O)N[C@@H](C)c1ccc(Br)cc1. The van der Waals surface area contributed by atoms with Crippen LogP contribution in [0.25, 0.3) is 11.0 Å². The van der Waals surface area contributed by atoms with Crippen molar-refractivity contribution in [1.82, 2.24) is 14.9 Å². The molecule has 0 aliphatic carbocycles. The predicted octanol–water partition coefficient (Wildman–Crippen LogP) is 3.98. The number of benzene rings is 2. The average molecular weight is 372 g/mol. The fourth-order valence-corrected chi connectivity index (χ4v) is 2.93. The predicted molar refractivity (Wildman–Crippen MR) is 95.2 cm³/mol. The molecule has 5 heteroatoms. The smallest absolute Gasteiger partial charge is 0.240 e. The maximum Gasteiger partial charge on any atom is 0.240 e. The van der Waals surface area contributed by atoms with Crippen molar-refractivity contribution in [3.05, 3.63) is 64.4 Å². The third-order valence-electron chi connectivity index (χ3n) is 3.89. The van der Waals surface area contributed by atoms with Crippen LogP contribution in [0.1, 0.15) is 24.4 Å². The fourth-order valence-electron chi connectivity index (χ4n) is 2.66. The molecule has 1 N–H and O–H groups in total. The molecule has 1 aromatic heterocycles. The van der Waals surface area contributed by atoms with E-state index in [1.54, 1.807) is 0 Å². The molecule has 1 atom stereocenters. The minimum absolute atomic E-state index is 0.0216. The summed E-state index contributed by atoms with van der Waals surface area (Å²) >= 11 is 3.42. The van der Waals surface area contributed by atoms with Crippen LogP contribution in [-0.2, 0) is 11.3 Å². The summed E-state index contributed by atoms with van der Waals surface area (Å²) in [4.78, 5) is 16.9. The van der Waals surface area contributed by atoms with Crippen molar-refractivity contribution in [2.45, 2.75) is 26.4 Å². The van der Waals surface area contributed by atoms with Gasteiger partial charge < -0.3 is 9.88 Å². The zero-order valence-electron chi connectivity index (χ0n) is 13.1. The highest BCUT2D eigenvalue weighted by molar-refractivity contribution is 9.10. The molecule has 0 bridgehead atoms. The van der Waals surface area contributed by atoms with E-state index in [0.29, 0.717) is 0 Å². The Bertz CT molecular complexity index is 839. The Morgan fingerprint density at radius 3 is 2.65 bits per heavy atom. The molecule has 23 heavy (non-hydrogen) atoms. The zero-order valence-corrected chi connectivity index (χ0v) is 14.7. The lowest BCUT2D eigenvalue weighted by atomic mass is 10.1. The second-order valence-electron chi connectivity index (χ2n) is 5.57. The normalized spacial score (nSPS) is 12.3. The lowest BCUT2D eigenvalue weighted by molar-refractivity contribution is -0.122. The van der Waals surface area contributed by atoms with Gasteiger partial charge in [0.1, 0.15) is 12.4 Å². The summed E-state index contributed by atoms with van der Waals surface area (Å²) in [5.41, 5.74) is 2.98. The molecule has 0 saturated carbocycles. The largest absolute Gasteiger partial charge is 0.348 e. The molecule has 2 aromatic carbocycles. The van der Waals surface area contributed by atoms with E-state index in [1.807, 2.05) is 66.9 Å². The van der Waals surface area contributed by atoms with Gasteiger partial charge in [0.05, 0.1) is 17.1 Å². The number of amides is 1. The second-order valence-corrected chi connectivity index (χ2v) is 6.49. The van der Waals surface area contributed by atoms with Gasteiger partial charge in [0.25, 0.3) is 0 Å². The van der Waals surface area contributed by atoms with Crippen LogP contribution in [-0.4, -0.2) is 15.5 Å². The fraction of sp³-hybridized carbons (Fsp3) is 0.222. The van der Waals surface area contributed by atoms with Gasteiger partial charge in [0.2, 0.25) is 5.91 Å². The van der Waals surface area contributed by atoms with Gasteiger partial charge >= 0.3 is 0 Å². The molecule has 0 fully saturated rings. The maximum absolute atomic E-state index is 12.4. The number of carbonyl (C=O) groups excluding carboxylic acids is 1. The lowest BCUT2D eigenvalue weighted by Crippen LogP contribution is -2.30. The number of aromatic nitrogens is 2. The highest BCUT2D eigenvalue weighted by Crippen LogP contribution is 2.18. The van der Waals surface area contributed by atoms with Crippen LogP contribution in [0.5, 0.6) is 0 Å². The Kier molecular flexibility index (Phi) is 4.48. The molecule has 1 heterocycles. The Morgan fingerprint density at radius 2 is 1.91 bits per heavy atom. The summed E-state index contributed by atoms with van der Waals surface area (Å²) in [6.45, 7) is 4.18. The van der Waals surface area contributed by atoms with Gasteiger partial charge in [-0.1, -0.05) is 40.2 Å². The van der Waals surface area contributed by atoms with E-state index < -0.39 is 0 Å². The molecular weight excluding hydrogens is 354 g/mol. The quantitative estimate of drug-likeness (QED) is 0.753. The molecule has 0 radical (unpaired) electrons. The molecule has 3 aromatic rings. The van der Waals surface area contributed by atoms with Gasteiger partial charge in [0.15, 0.2) is 0 Å². The van der Waals surface area contributed by atoms with Crippen molar-refractivity contribution in [2.75, 3.05) is 0 Å². The van der Waals surface area contributed by atoms with E-state index in [9.17, 15) is 4.79 Å². The average Bonchev–Trinajstić information content (AvgIpc) is 2.84. The van der Waals surface area contributed by atoms with Crippen LogP contribution < -0.4 is 5.32 Å². The number of aryl methyl sites for hydroxylation is 1. The van der Waals surface area contributed by atoms with Gasteiger partial charge in [-0.15, -0.1) is 0 Å².